The van der Waals surface area contributed by atoms with E-state index in [1.54, 1.807) is 26.1 Å². The fourth-order valence-electron chi connectivity index (χ4n) is 2.56. The lowest BCUT2D eigenvalue weighted by atomic mass is 10.1. The Morgan fingerprint density at radius 1 is 1.19 bits per heavy atom. The van der Waals surface area contributed by atoms with Crippen LogP contribution in [0.2, 0.25) is 5.02 Å². The molecule has 1 N–H and O–H groups in total. The molecular weight excluding hydrogens is 352 g/mol. The highest BCUT2D eigenvalue weighted by Gasteiger charge is 2.26. The first kappa shape index (κ1) is 19.8. The van der Waals surface area contributed by atoms with E-state index in [9.17, 15) is 9.59 Å². The number of nitrogens with one attached hydrogen (secondary N) is 1. The number of ether oxygens (including phenoxy) is 1. The van der Waals surface area contributed by atoms with Gasteiger partial charge in [-0.15, -0.1) is 0 Å². The van der Waals surface area contributed by atoms with Crippen molar-refractivity contribution < 1.29 is 14.3 Å². The first-order chi connectivity index (χ1) is 12.4. The Morgan fingerprint density at radius 3 is 2.58 bits per heavy atom. The van der Waals surface area contributed by atoms with Crippen molar-refractivity contribution in [3.63, 3.8) is 0 Å². The van der Waals surface area contributed by atoms with Crippen LogP contribution < -0.4 is 10.1 Å². The molecule has 1 unspecified atom stereocenters. The summed E-state index contributed by atoms with van der Waals surface area (Å²) in [5.74, 6) is 0.136. The van der Waals surface area contributed by atoms with E-state index in [0.717, 1.165) is 11.1 Å². The zero-order chi connectivity index (χ0) is 19.1. The average molecular weight is 375 g/mol. The van der Waals surface area contributed by atoms with Crippen LogP contribution in [0.25, 0.3) is 0 Å². The van der Waals surface area contributed by atoms with Crippen LogP contribution in [0.3, 0.4) is 0 Å². The zero-order valence-electron chi connectivity index (χ0n) is 15.2. The predicted molar refractivity (Wildman–Crippen MR) is 102 cm³/mol. The van der Waals surface area contributed by atoms with Gasteiger partial charge in [0.25, 0.3) is 5.91 Å². The minimum absolute atomic E-state index is 0.146. The van der Waals surface area contributed by atoms with Crippen LogP contribution in [0.4, 0.5) is 0 Å². The number of para-hydroxylation sites is 1. The summed E-state index contributed by atoms with van der Waals surface area (Å²) in [7, 11) is 1.55. The summed E-state index contributed by atoms with van der Waals surface area (Å²) in [6.45, 7) is 3.73. The Morgan fingerprint density at radius 2 is 1.92 bits per heavy atom. The molecule has 2 aromatic carbocycles. The van der Waals surface area contributed by atoms with E-state index in [4.69, 9.17) is 16.3 Å². The predicted octanol–water partition coefficient (Wildman–Crippen LogP) is 3.19. The SMILES string of the molecule is CNC(=O)C(C)N(Cc1cccc(Cl)c1)C(=O)COc1ccccc1C. The number of aryl methyl sites for hydroxylation is 1. The molecule has 0 bridgehead atoms. The molecule has 0 aliphatic rings. The second-order valence-corrected chi connectivity index (χ2v) is 6.43. The molecule has 0 radical (unpaired) electrons. The molecule has 0 spiro atoms. The molecule has 6 heteroatoms. The lowest BCUT2D eigenvalue weighted by molar-refractivity contribution is -0.142. The Labute approximate surface area is 158 Å². The van der Waals surface area contributed by atoms with E-state index < -0.39 is 6.04 Å². The number of halogens is 1. The van der Waals surface area contributed by atoms with Crippen LogP contribution in [0.1, 0.15) is 18.1 Å². The molecule has 2 aromatic rings. The lowest BCUT2D eigenvalue weighted by Crippen LogP contribution is -2.48. The number of hydrogen-bond acceptors (Lipinski definition) is 3. The summed E-state index contributed by atoms with van der Waals surface area (Å²) >= 11 is 6.03. The highest BCUT2D eigenvalue weighted by Crippen LogP contribution is 2.18. The van der Waals surface area contributed by atoms with Gasteiger partial charge in [0, 0.05) is 18.6 Å². The molecule has 0 saturated heterocycles. The van der Waals surface area contributed by atoms with Crippen molar-refractivity contribution in [2.75, 3.05) is 13.7 Å². The maximum absolute atomic E-state index is 12.8. The smallest absolute Gasteiger partial charge is 0.261 e. The van der Waals surface area contributed by atoms with Gasteiger partial charge in [-0.05, 0) is 43.2 Å². The maximum atomic E-state index is 12.8. The molecule has 5 nitrogen and oxygen atoms in total. The number of rotatable bonds is 7. The van der Waals surface area contributed by atoms with Gasteiger partial charge in [-0.3, -0.25) is 9.59 Å². The first-order valence-electron chi connectivity index (χ1n) is 8.36. The van der Waals surface area contributed by atoms with Gasteiger partial charge in [-0.25, -0.2) is 0 Å². The van der Waals surface area contributed by atoms with E-state index >= 15 is 0 Å². The van der Waals surface area contributed by atoms with Crippen LogP contribution in [0.15, 0.2) is 48.5 Å². The topological polar surface area (TPSA) is 58.6 Å². The van der Waals surface area contributed by atoms with Crippen molar-refractivity contribution in [3.8, 4) is 5.75 Å². The van der Waals surface area contributed by atoms with Crippen molar-refractivity contribution >= 4 is 23.4 Å². The number of nitrogens with zero attached hydrogens (tertiary/aromatic N) is 1. The zero-order valence-corrected chi connectivity index (χ0v) is 15.9. The summed E-state index contributed by atoms with van der Waals surface area (Å²) < 4.78 is 5.66. The Hall–Kier alpha value is -2.53. The molecular formula is C20H23ClN2O3. The summed E-state index contributed by atoms with van der Waals surface area (Å²) in [6.07, 6.45) is 0. The molecule has 0 aromatic heterocycles. The number of carbonyl (C=O) groups is 2. The number of likely N-dealkylation sites (N-methyl/N-ethyl adjacent to an activating group) is 1. The molecule has 0 heterocycles. The van der Waals surface area contributed by atoms with Gasteiger partial charge >= 0.3 is 0 Å². The number of amides is 2. The van der Waals surface area contributed by atoms with Crippen LogP contribution in [-0.2, 0) is 16.1 Å². The Balaban J connectivity index is 2.15. The van der Waals surface area contributed by atoms with Gasteiger partial charge in [0.15, 0.2) is 6.61 Å². The van der Waals surface area contributed by atoms with Crippen molar-refractivity contribution in [1.82, 2.24) is 10.2 Å². The second kappa shape index (κ2) is 9.25. The third kappa shape index (κ3) is 5.23. The normalized spacial score (nSPS) is 11.5. The molecule has 0 aliphatic heterocycles. The van der Waals surface area contributed by atoms with E-state index in [1.165, 1.54) is 4.90 Å². The van der Waals surface area contributed by atoms with Gasteiger partial charge in [0.1, 0.15) is 11.8 Å². The molecule has 2 amide bonds. The summed E-state index contributed by atoms with van der Waals surface area (Å²) in [6, 6.07) is 14.1. The number of hydrogen-bond donors (Lipinski definition) is 1. The fraction of sp³-hybridized carbons (Fsp3) is 0.300. The Kier molecular flexibility index (Phi) is 7.04. The monoisotopic (exact) mass is 374 g/mol. The molecule has 26 heavy (non-hydrogen) atoms. The lowest BCUT2D eigenvalue weighted by Gasteiger charge is -2.28. The molecule has 0 saturated carbocycles. The average Bonchev–Trinajstić information content (AvgIpc) is 2.64. The fourth-order valence-corrected chi connectivity index (χ4v) is 2.78. The minimum atomic E-state index is -0.632. The van der Waals surface area contributed by atoms with Gasteiger partial charge < -0.3 is 15.0 Å². The standard InChI is InChI=1S/C20H23ClN2O3/c1-14-7-4-5-10-18(14)26-13-19(24)23(15(2)20(25)22-3)12-16-8-6-9-17(21)11-16/h4-11,15H,12-13H2,1-3H3,(H,22,25). The van der Waals surface area contributed by atoms with Crippen molar-refractivity contribution in [2.45, 2.75) is 26.4 Å². The van der Waals surface area contributed by atoms with Gasteiger partial charge in [-0.2, -0.15) is 0 Å². The van der Waals surface area contributed by atoms with E-state index in [-0.39, 0.29) is 25.0 Å². The van der Waals surface area contributed by atoms with Crippen molar-refractivity contribution in [2.24, 2.45) is 0 Å². The van der Waals surface area contributed by atoms with E-state index in [2.05, 4.69) is 5.32 Å². The van der Waals surface area contributed by atoms with Crippen LogP contribution >= 0.6 is 11.6 Å². The summed E-state index contributed by atoms with van der Waals surface area (Å²) in [5.41, 5.74) is 1.79. The third-order valence-corrected chi connectivity index (χ3v) is 4.34. The van der Waals surface area contributed by atoms with Crippen LogP contribution in [0.5, 0.6) is 5.75 Å². The van der Waals surface area contributed by atoms with Crippen LogP contribution in [0, 0.1) is 6.92 Å². The number of benzene rings is 2. The minimum Gasteiger partial charge on any atom is -0.484 e. The highest BCUT2D eigenvalue weighted by atomic mass is 35.5. The van der Waals surface area contributed by atoms with Gasteiger partial charge in [0.2, 0.25) is 5.91 Å². The van der Waals surface area contributed by atoms with Gasteiger partial charge in [-0.1, -0.05) is 41.9 Å². The van der Waals surface area contributed by atoms with Gasteiger partial charge in [0.05, 0.1) is 0 Å². The summed E-state index contributed by atoms with van der Waals surface area (Å²) in [5, 5.41) is 3.16. The Bertz CT molecular complexity index is 779. The number of carbonyl (C=O) groups excluding carboxylic acids is 2. The van der Waals surface area contributed by atoms with Crippen LogP contribution in [-0.4, -0.2) is 36.4 Å². The summed E-state index contributed by atoms with van der Waals surface area (Å²) in [4.78, 5) is 26.3. The van der Waals surface area contributed by atoms with E-state index in [0.29, 0.717) is 10.8 Å². The van der Waals surface area contributed by atoms with Crippen molar-refractivity contribution in [1.29, 1.82) is 0 Å². The second-order valence-electron chi connectivity index (χ2n) is 6.00. The molecule has 0 aliphatic carbocycles. The first-order valence-corrected chi connectivity index (χ1v) is 8.74. The maximum Gasteiger partial charge on any atom is 0.261 e. The quantitative estimate of drug-likeness (QED) is 0.809. The third-order valence-electron chi connectivity index (χ3n) is 4.10. The molecule has 2 rings (SSSR count). The van der Waals surface area contributed by atoms with Crippen molar-refractivity contribution in [3.05, 3.63) is 64.7 Å². The highest BCUT2D eigenvalue weighted by molar-refractivity contribution is 6.30. The largest absolute Gasteiger partial charge is 0.484 e. The molecule has 138 valence electrons. The van der Waals surface area contributed by atoms with E-state index in [1.807, 2.05) is 43.3 Å². The molecule has 0 fully saturated rings. The molecule has 1 atom stereocenters.